The molecular formula is C14H21Cl2N3O2S. The van der Waals surface area contributed by atoms with Gasteiger partial charge in [0.2, 0.25) is 10.0 Å². The molecule has 1 fully saturated rings. The molecule has 0 radical (unpaired) electrons. The molecule has 1 N–H and O–H groups in total. The van der Waals surface area contributed by atoms with Crippen molar-refractivity contribution < 1.29 is 8.42 Å². The van der Waals surface area contributed by atoms with Gasteiger partial charge in [0, 0.05) is 38.8 Å². The Morgan fingerprint density at radius 3 is 2.27 bits per heavy atom. The Balaban J connectivity index is 2.01. The maximum absolute atomic E-state index is 12.4. The van der Waals surface area contributed by atoms with Crippen LogP contribution in [0.5, 0.6) is 0 Å². The molecule has 1 aromatic rings. The topological polar surface area (TPSA) is 52.7 Å². The number of nitrogens with zero attached hydrogens (tertiary/aromatic N) is 2. The van der Waals surface area contributed by atoms with Gasteiger partial charge >= 0.3 is 0 Å². The van der Waals surface area contributed by atoms with Crippen LogP contribution in [0.3, 0.4) is 0 Å². The van der Waals surface area contributed by atoms with Gasteiger partial charge in [0.25, 0.3) is 0 Å². The van der Waals surface area contributed by atoms with Crippen LogP contribution in [0, 0.1) is 0 Å². The predicted molar refractivity (Wildman–Crippen MR) is 90.2 cm³/mol. The summed E-state index contributed by atoms with van der Waals surface area (Å²) in [6.07, 6.45) is 0. The second-order valence-corrected chi connectivity index (χ2v) is 8.11. The SMILES string of the molecule is CC(CNS(=O)(=O)c1c(Cl)cccc1Cl)N1CCN(C)CC1. The van der Waals surface area contributed by atoms with E-state index in [0.29, 0.717) is 6.54 Å². The van der Waals surface area contributed by atoms with E-state index in [1.807, 2.05) is 6.92 Å². The minimum atomic E-state index is -3.72. The molecule has 1 heterocycles. The molecule has 0 bridgehead atoms. The van der Waals surface area contributed by atoms with Crippen molar-refractivity contribution in [1.29, 1.82) is 0 Å². The minimum absolute atomic E-state index is 0.0519. The lowest BCUT2D eigenvalue weighted by Gasteiger charge is -2.36. The zero-order chi connectivity index (χ0) is 16.3. The number of benzene rings is 1. The Hall–Kier alpha value is -0.370. The molecule has 0 amide bonds. The van der Waals surface area contributed by atoms with Gasteiger partial charge in [0.1, 0.15) is 4.90 Å². The Labute approximate surface area is 142 Å². The fourth-order valence-electron chi connectivity index (χ4n) is 2.43. The highest BCUT2D eigenvalue weighted by Gasteiger charge is 2.24. The highest BCUT2D eigenvalue weighted by atomic mass is 35.5. The Bertz CT molecular complexity index is 596. The van der Waals surface area contributed by atoms with Crippen molar-refractivity contribution in [3.63, 3.8) is 0 Å². The maximum Gasteiger partial charge on any atom is 0.243 e. The number of sulfonamides is 1. The van der Waals surface area contributed by atoms with Crippen LogP contribution in [0.4, 0.5) is 0 Å². The van der Waals surface area contributed by atoms with Gasteiger partial charge in [-0.25, -0.2) is 13.1 Å². The van der Waals surface area contributed by atoms with Gasteiger partial charge in [-0.15, -0.1) is 0 Å². The largest absolute Gasteiger partial charge is 0.304 e. The average Bonchev–Trinajstić information content (AvgIpc) is 2.45. The molecule has 1 saturated heterocycles. The van der Waals surface area contributed by atoms with E-state index in [9.17, 15) is 8.42 Å². The molecular weight excluding hydrogens is 345 g/mol. The first-order valence-corrected chi connectivity index (χ1v) is 9.41. The van der Waals surface area contributed by atoms with Gasteiger partial charge in [-0.1, -0.05) is 29.3 Å². The standard InChI is InChI=1S/C14H21Cl2N3O2S/c1-11(19-8-6-18(2)7-9-19)10-17-22(20,21)14-12(15)4-3-5-13(14)16/h3-5,11,17H,6-10H2,1-2H3. The molecule has 0 aromatic heterocycles. The third-order valence-corrected chi connectivity index (χ3v) is 6.30. The van der Waals surface area contributed by atoms with Gasteiger partial charge in [-0.3, -0.25) is 4.90 Å². The first-order chi connectivity index (χ1) is 10.3. The molecule has 1 aliphatic heterocycles. The van der Waals surface area contributed by atoms with Gasteiger partial charge in [0.05, 0.1) is 10.0 Å². The van der Waals surface area contributed by atoms with Crippen LogP contribution in [0.1, 0.15) is 6.92 Å². The van der Waals surface area contributed by atoms with Crippen molar-refractivity contribution in [3.8, 4) is 0 Å². The second kappa shape index (κ2) is 7.47. The average molecular weight is 366 g/mol. The Kier molecular flexibility index (Phi) is 6.10. The van der Waals surface area contributed by atoms with Crippen LogP contribution >= 0.6 is 23.2 Å². The molecule has 5 nitrogen and oxygen atoms in total. The van der Waals surface area contributed by atoms with Gasteiger partial charge in [-0.2, -0.15) is 0 Å². The molecule has 1 atom stereocenters. The van der Waals surface area contributed by atoms with Crippen molar-refractivity contribution in [1.82, 2.24) is 14.5 Å². The number of piperazine rings is 1. The van der Waals surface area contributed by atoms with E-state index in [1.54, 1.807) is 6.07 Å². The summed E-state index contributed by atoms with van der Waals surface area (Å²) in [6.45, 7) is 6.20. The zero-order valence-electron chi connectivity index (χ0n) is 12.7. The van der Waals surface area contributed by atoms with E-state index in [1.165, 1.54) is 12.1 Å². The summed E-state index contributed by atoms with van der Waals surface area (Å²) in [5.74, 6) is 0. The quantitative estimate of drug-likeness (QED) is 0.865. The van der Waals surface area contributed by atoms with E-state index in [-0.39, 0.29) is 21.0 Å². The van der Waals surface area contributed by atoms with Crippen molar-refractivity contribution in [2.75, 3.05) is 39.8 Å². The van der Waals surface area contributed by atoms with Crippen LogP contribution in [0.15, 0.2) is 23.1 Å². The monoisotopic (exact) mass is 365 g/mol. The molecule has 2 rings (SSSR count). The zero-order valence-corrected chi connectivity index (χ0v) is 15.0. The van der Waals surface area contributed by atoms with Crippen LogP contribution in [0.2, 0.25) is 10.0 Å². The third kappa shape index (κ3) is 4.34. The van der Waals surface area contributed by atoms with E-state index < -0.39 is 10.0 Å². The van der Waals surface area contributed by atoms with Crippen molar-refractivity contribution in [2.45, 2.75) is 17.9 Å². The lowest BCUT2D eigenvalue weighted by molar-refractivity contribution is 0.120. The molecule has 0 aliphatic carbocycles. The van der Waals surface area contributed by atoms with Crippen LogP contribution in [-0.4, -0.2) is 64.0 Å². The molecule has 22 heavy (non-hydrogen) atoms. The summed E-state index contributed by atoms with van der Waals surface area (Å²) in [5.41, 5.74) is 0. The smallest absolute Gasteiger partial charge is 0.243 e. The molecule has 1 aliphatic rings. The molecule has 8 heteroatoms. The number of halogens is 2. The number of hydrogen-bond donors (Lipinski definition) is 1. The fraction of sp³-hybridized carbons (Fsp3) is 0.571. The summed E-state index contributed by atoms with van der Waals surface area (Å²) >= 11 is 11.9. The van der Waals surface area contributed by atoms with Crippen molar-refractivity contribution in [2.24, 2.45) is 0 Å². The molecule has 1 aromatic carbocycles. The Morgan fingerprint density at radius 1 is 1.18 bits per heavy atom. The van der Waals surface area contributed by atoms with E-state index >= 15 is 0 Å². The molecule has 0 saturated carbocycles. The number of likely N-dealkylation sites (N-methyl/N-ethyl adjacent to an activating group) is 1. The predicted octanol–water partition coefficient (Wildman–Crippen LogP) is 1.91. The van der Waals surface area contributed by atoms with Crippen LogP contribution in [-0.2, 0) is 10.0 Å². The highest BCUT2D eigenvalue weighted by Crippen LogP contribution is 2.28. The summed E-state index contributed by atoms with van der Waals surface area (Å²) in [7, 11) is -1.63. The molecule has 124 valence electrons. The summed E-state index contributed by atoms with van der Waals surface area (Å²) in [4.78, 5) is 4.48. The lowest BCUT2D eigenvalue weighted by atomic mass is 10.2. The molecule has 1 unspecified atom stereocenters. The van der Waals surface area contributed by atoms with Gasteiger partial charge < -0.3 is 4.90 Å². The minimum Gasteiger partial charge on any atom is -0.304 e. The first-order valence-electron chi connectivity index (χ1n) is 7.17. The van der Waals surface area contributed by atoms with Crippen molar-refractivity contribution in [3.05, 3.63) is 28.2 Å². The third-order valence-electron chi connectivity index (χ3n) is 3.92. The van der Waals surface area contributed by atoms with E-state index in [0.717, 1.165) is 26.2 Å². The lowest BCUT2D eigenvalue weighted by Crippen LogP contribution is -2.51. The van der Waals surface area contributed by atoms with Gasteiger partial charge in [-0.05, 0) is 26.1 Å². The summed E-state index contributed by atoms with van der Waals surface area (Å²) in [6, 6.07) is 4.78. The summed E-state index contributed by atoms with van der Waals surface area (Å²) in [5, 5.41) is 0.263. The second-order valence-electron chi connectivity index (χ2n) is 5.59. The summed E-state index contributed by atoms with van der Waals surface area (Å²) < 4.78 is 27.4. The van der Waals surface area contributed by atoms with Crippen LogP contribution < -0.4 is 4.72 Å². The number of hydrogen-bond acceptors (Lipinski definition) is 4. The molecule has 0 spiro atoms. The normalized spacial score (nSPS) is 19.3. The van der Waals surface area contributed by atoms with Crippen LogP contribution in [0.25, 0.3) is 0 Å². The van der Waals surface area contributed by atoms with E-state index in [2.05, 4.69) is 21.6 Å². The van der Waals surface area contributed by atoms with Crippen molar-refractivity contribution >= 4 is 33.2 Å². The Morgan fingerprint density at radius 2 is 1.73 bits per heavy atom. The first kappa shape index (κ1) is 18.0. The maximum atomic E-state index is 12.4. The van der Waals surface area contributed by atoms with E-state index in [4.69, 9.17) is 23.2 Å². The highest BCUT2D eigenvalue weighted by molar-refractivity contribution is 7.89. The van der Waals surface area contributed by atoms with Gasteiger partial charge in [0.15, 0.2) is 0 Å². The fourth-order valence-corrected chi connectivity index (χ4v) is 4.69. The number of nitrogens with one attached hydrogen (secondary N) is 1. The number of rotatable bonds is 5.